The van der Waals surface area contributed by atoms with Crippen molar-refractivity contribution in [1.82, 2.24) is 25.1 Å². The van der Waals surface area contributed by atoms with Crippen molar-refractivity contribution in [3.8, 4) is 0 Å². The number of H-pyrrole nitrogens is 1. The van der Waals surface area contributed by atoms with E-state index in [2.05, 4.69) is 35.7 Å². The Balaban J connectivity index is 1.41. The van der Waals surface area contributed by atoms with Gasteiger partial charge in [-0.25, -0.2) is 9.97 Å². The molecule has 5 rings (SSSR count). The summed E-state index contributed by atoms with van der Waals surface area (Å²) in [6.07, 6.45) is 4.47. The predicted molar refractivity (Wildman–Crippen MR) is 143 cm³/mol. The van der Waals surface area contributed by atoms with Gasteiger partial charge in [-0.15, -0.1) is 0 Å². The number of fused-ring (bicyclic) bond motifs is 1. The first-order valence-corrected chi connectivity index (χ1v) is 12.3. The summed E-state index contributed by atoms with van der Waals surface area (Å²) < 4.78 is 0. The normalized spacial score (nSPS) is 14.0. The predicted octanol–water partition coefficient (Wildman–Crippen LogP) is 3.69. The van der Waals surface area contributed by atoms with Crippen molar-refractivity contribution in [2.45, 2.75) is 31.2 Å². The highest BCUT2D eigenvalue weighted by atomic mass is 16.2. The standard InChI is InChI=1S/C27H30N8O2/c1-35(2)12-11-21(32-26-20-8-4-7-19(25(28)36)24(20)29-15-30-26)17-5-3-6-18(13-17)31-27(37)23-14-22(33-34-23)16-9-10-16/h3-8,13-16,21H,9-12H2,1-2H3,(H2,28,36)(H,31,37)(H,33,34)(H,29,30,32). The molecule has 0 bridgehead atoms. The monoisotopic (exact) mass is 498 g/mol. The lowest BCUT2D eigenvalue weighted by Gasteiger charge is -2.23. The number of benzene rings is 2. The van der Waals surface area contributed by atoms with Crippen LogP contribution in [0.1, 0.15) is 63.3 Å². The Morgan fingerprint density at radius 3 is 2.70 bits per heavy atom. The first-order valence-electron chi connectivity index (χ1n) is 12.3. The summed E-state index contributed by atoms with van der Waals surface area (Å²) in [6.45, 7) is 0.820. The summed E-state index contributed by atoms with van der Waals surface area (Å²) in [4.78, 5) is 35.6. The first-order chi connectivity index (χ1) is 17.9. The number of para-hydroxylation sites is 1. The second-order valence-corrected chi connectivity index (χ2v) is 9.64. The van der Waals surface area contributed by atoms with Gasteiger partial charge in [0.25, 0.3) is 11.8 Å². The molecule has 0 spiro atoms. The van der Waals surface area contributed by atoms with Gasteiger partial charge in [0.15, 0.2) is 5.69 Å². The Morgan fingerprint density at radius 2 is 1.95 bits per heavy atom. The second kappa shape index (κ2) is 10.4. The lowest BCUT2D eigenvalue weighted by molar-refractivity contribution is 0.0998. The number of hydrogen-bond donors (Lipinski definition) is 4. The van der Waals surface area contributed by atoms with E-state index in [1.165, 1.54) is 6.33 Å². The fourth-order valence-electron chi connectivity index (χ4n) is 4.36. The molecule has 0 aliphatic heterocycles. The molecule has 10 nitrogen and oxygen atoms in total. The molecule has 5 N–H and O–H groups in total. The number of carbonyl (C=O) groups is 2. The number of aromatic nitrogens is 4. The molecule has 1 saturated carbocycles. The number of hydrogen-bond acceptors (Lipinski definition) is 7. The van der Waals surface area contributed by atoms with Gasteiger partial charge in [0, 0.05) is 22.7 Å². The molecular weight excluding hydrogens is 468 g/mol. The van der Waals surface area contributed by atoms with E-state index in [9.17, 15) is 9.59 Å². The van der Waals surface area contributed by atoms with Gasteiger partial charge in [-0.3, -0.25) is 14.7 Å². The Labute approximate surface area is 214 Å². The first kappa shape index (κ1) is 24.4. The Kier molecular flexibility index (Phi) is 6.82. The molecule has 1 unspecified atom stereocenters. The zero-order valence-electron chi connectivity index (χ0n) is 20.9. The zero-order chi connectivity index (χ0) is 25.9. The summed E-state index contributed by atoms with van der Waals surface area (Å²) in [5.74, 6) is 0.316. The fraction of sp³-hybridized carbons (Fsp3) is 0.296. The number of primary amides is 1. The van der Waals surface area contributed by atoms with E-state index in [-0.39, 0.29) is 11.9 Å². The van der Waals surface area contributed by atoms with Gasteiger partial charge in [-0.1, -0.05) is 18.2 Å². The molecule has 1 atom stereocenters. The Bertz CT molecular complexity index is 1440. The van der Waals surface area contributed by atoms with Crippen molar-refractivity contribution in [2.75, 3.05) is 31.3 Å². The smallest absolute Gasteiger partial charge is 0.276 e. The van der Waals surface area contributed by atoms with E-state index in [0.717, 1.165) is 37.1 Å². The molecule has 4 aromatic rings. The molecule has 1 fully saturated rings. The van der Waals surface area contributed by atoms with Crippen LogP contribution in [0.5, 0.6) is 0 Å². The van der Waals surface area contributed by atoms with Crippen molar-refractivity contribution in [3.05, 3.63) is 77.4 Å². The number of aromatic amines is 1. The highest BCUT2D eigenvalue weighted by Crippen LogP contribution is 2.39. The van der Waals surface area contributed by atoms with Gasteiger partial charge >= 0.3 is 0 Å². The third kappa shape index (κ3) is 5.59. The van der Waals surface area contributed by atoms with Crippen molar-refractivity contribution in [3.63, 3.8) is 0 Å². The quantitative estimate of drug-likeness (QED) is 0.261. The average Bonchev–Trinajstić information content (AvgIpc) is 3.62. The molecule has 0 radical (unpaired) electrons. The molecule has 37 heavy (non-hydrogen) atoms. The molecule has 2 amide bonds. The molecule has 0 saturated heterocycles. The van der Waals surface area contributed by atoms with Gasteiger partial charge in [0.2, 0.25) is 0 Å². The summed E-state index contributed by atoms with van der Waals surface area (Å²) in [7, 11) is 4.04. The maximum Gasteiger partial charge on any atom is 0.276 e. The number of nitrogens with one attached hydrogen (secondary N) is 3. The van der Waals surface area contributed by atoms with Crippen molar-refractivity contribution >= 4 is 34.2 Å². The van der Waals surface area contributed by atoms with Gasteiger partial charge < -0.3 is 21.3 Å². The molecule has 1 aliphatic carbocycles. The van der Waals surface area contributed by atoms with E-state index in [1.807, 2.05) is 50.5 Å². The van der Waals surface area contributed by atoms with Crippen molar-refractivity contribution in [1.29, 1.82) is 0 Å². The molecule has 1 aliphatic rings. The molecule has 2 heterocycles. The zero-order valence-corrected chi connectivity index (χ0v) is 20.9. The summed E-state index contributed by atoms with van der Waals surface area (Å²) in [5.41, 5.74) is 9.47. The van der Waals surface area contributed by atoms with Gasteiger partial charge in [0.1, 0.15) is 12.1 Å². The minimum Gasteiger partial charge on any atom is -0.366 e. The second-order valence-electron chi connectivity index (χ2n) is 9.64. The average molecular weight is 499 g/mol. The van der Waals surface area contributed by atoms with E-state index >= 15 is 0 Å². The third-order valence-electron chi connectivity index (χ3n) is 6.50. The van der Waals surface area contributed by atoms with Crippen LogP contribution in [0.3, 0.4) is 0 Å². The molecule has 2 aromatic heterocycles. The summed E-state index contributed by atoms with van der Waals surface area (Å²) in [6, 6.07) is 14.7. The van der Waals surface area contributed by atoms with Gasteiger partial charge in [-0.05, 0) is 75.8 Å². The number of amides is 2. The highest BCUT2D eigenvalue weighted by Gasteiger charge is 2.26. The van der Waals surface area contributed by atoms with Crippen LogP contribution in [0.15, 0.2) is 54.9 Å². The maximum atomic E-state index is 12.8. The highest BCUT2D eigenvalue weighted by molar-refractivity contribution is 6.07. The topological polar surface area (TPSA) is 142 Å². The Morgan fingerprint density at radius 1 is 1.14 bits per heavy atom. The number of nitrogens with two attached hydrogens (primary N) is 1. The minimum atomic E-state index is -0.538. The lowest BCUT2D eigenvalue weighted by atomic mass is 10.0. The van der Waals surface area contributed by atoms with E-state index in [0.29, 0.717) is 39.6 Å². The number of nitrogens with zero attached hydrogens (tertiary/aromatic N) is 4. The minimum absolute atomic E-state index is 0.124. The van der Waals surface area contributed by atoms with Crippen LogP contribution >= 0.6 is 0 Å². The Hall–Kier alpha value is -4.31. The van der Waals surface area contributed by atoms with E-state index in [4.69, 9.17) is 5.73 Å². The fourth-order valence-corrected chi connectivity index (χ4v) is 4.36. The summed E-state index contributed by atoms with van der Waals surface area (Å²) in [5, 5.41) is 14.4. The van der Waals surface area contributed by atoms with Crippen molar-refractivity contribution in [2.24, 2.45) is 5.73 Å². The van der Waals surface area contributed by atoms with Gasteiger partial charge in [0.05, 0.1) is 17.1 Å². The van der Waals surface area contributed by atoms with E-state index < -0.39 is 5.91 Å². The maximum absolute atomic E-state index is 12.8. The van der Waals surface area contributed by atoms with Crippen LogP contribution < -0.4 is 16.4 Å². The van der Waals surface area contributed by atoms with E-state index in [1.54, 1.807) is 12.1 Å². The van der Waals surface area contributed by atoms with Gasteiger partial charge in [-0.2, -0.15) is 5.10 Å². The molecular formula is C27H30N8O2. The number of rotatable bonds is 10. The van der Waals surface area contributed by atoms with Crippen LogP contribution in [0, 0.1) is 0 Å². The number of carbonyl (C=O) groups excluding carboxylic acids is 2. The number of anilines is 2. The van der Waals surface area contributed by atoms with Crippen LogP contribution in [-0.2, 0) is 0 Å². The van der Waals surface area contributed by atoms with Crippen LogP contribution in [0.25, 0.3) is 10.9 Å². The van der Waals surface area contributed by atoms with Crippen molar-refractivity contribution < 1.29 is 9.59 Å². The van der Waals surface area contributed by atoms with Crippen LogP contribution in [-0.4, -0.2) is 57.5 Å². The molecule has 10 heteroatoms. The SMILES string of the molecule is CN(C)CCC(Nc1ncnc2c(C(N)=O)cccc12)c1cccc(NC(=O)c2cc(C3CC3)[nH]n2)c1. The van der Waals surface area contributed by atoms with Crippen LogP contribution in [0.4, 0.5) is 11.5 Å². The third-order valence-corrected chi connectivity index (χ3v) is 6.50. The molecule has 2 aromatic carbocycles. The largest absolute Gasteiger partial charge is 0.366 e. The lowest BCUT2D eigenvalue weighted by Crippen LogP contribution is -2.21. The molecule has 190 valence electrons. The van der Waals surface area contributed by atoms with Crippen LogP contribution in [0.2, 0.25) is 0 Å². The summed E-state index contributed by atoms with van der Waals surface area (Å²) >= 11 is 0.